The first-order chi connectivity index (χ1) is 9.74. The van der Waals surface area contributed by atoms with Crippen LogP contribution in [0.4, 0.5) is 0 Å². The maximum atomic E-state index is 9.62. The Morgan fingerprint density at radius 2 is 2.05 bits per heavy atom. The summed E-state index contributed by atoms with van der Waals surface area (Å²) in [5.74, 6) is 1.52. The van der Waals surface area contributed by atoms with Crippen molar-refractivity contribution < 1.29 is 0 Å². The van der Waals surface area contributed by atoms with E-state index in [4.69, 9.17) is 0 Å². The summed E-state index contributed by atoms with van der Waals surface area (Å²) in [5.41, 5.74) is -0.230. The maximum absolute atomic E-state index is 9.62. The summed E-state index contributed by atoms with van der Waals surface area (Å²) in [5, 5.41) is 13.1. The van der Waals surface area contributed by atoms with E-state index in [1.165, 1.54) is 58.2 Å². The van der Waals surface area contributed by atoms with Gasteiger partial charge in [0, 0.05) is 6.54 Å². The molecule has 2 unspecified atom stereocenters. The fourth-order valence-electron chi connectivity index (χ4n) is 3.82. The summed E-state index contributed by atoms with van der Waals surface area (Å²) in [6.45, 7) is 9.00. The summed E-state index contributed by atoms with van der Waals surface area (Å²) in [6.07, 6.45) is 8.78. The molecule has 114 valence electrons. The second-order valence-electron chi connectivity index (χ2n) is 6.74. The smallest absolute Gasteiger partial charge is 0.109 e. The Hall–Kier alpha value is -0.590. The van der Waals surface area contributed by atoms with Gasteiger partial charge in [0.25, 0.3) is 0 Å². The first kappa shape index (κ1) is 15.8. The number of nitriles is 1. The van der Waals surface area contributed by atoms with Crippen LogP contribution in [0.2, 0.25) is 0 Å². The fourth-order valence-corrected chi connectivity index (χ4v) is 3.82. The van der Waals surface area contributed by atoms with Crippen molar-refractivity contribution in [3.8, 4) is 6.07 Å². The third kappa shape index (κ3) is 3.96. The van der Waals surface area contributed by atoms with Crippen molar-refractivity contribution in [1.82, 2.24) is 10.2 Å². The number of hydrogen-bond acceptors (Lipinski definition) is 3. The molecule has 0 bridgehead atoms. The number of hydrogen-bond donors (Lipinski definition) is 1. The van der Waals surface area contributed by atoms with Gasteiger partial charge in [-0.05, 0) is 70.0 Å². The van der Waals surface area contributed by atoms with Gasteiger partial charge in [-0.15, -0.1) is 0 Å². The van der Waals surface area contributed by atoms with Gasteiger partial charge in [0.05, 0.1) is 6.07 Å². The van der Waals surface area contributed by atoms with Gasteiger partial charge in [-0.25, -0.2) is 0 Å². The van der Waals surface area contributed by atoms with Crippen molar-refractivity contribution in [3.63, 3.8) is 0 Å². The summed E-state index contributed by atoms with van der Waals surface area (Å²) >= 11 is 0. The van der Waals surface area contributed by atoms with E-state index >= 15 is 0 Å². The van der Waals surface area contributed by atoms with E-state index < -0.39 is 0 Å². The van der Waals surface area contributed by atoms with Gasteiger partial charge >= 0.3 is 0 Å². The van der Waals surface area contributed by atoms with E-state index in [0.717, 1.165) is 18.9 Å². The van der Waals surface area contributed by atoms with Crippen LogP contribution in [0.25, 0.3) is 0 Å². The van der Waals surface area contributed by atoms with Crippen LogP contribution in [-0.2, 0) is 0 Å². The van der Waals surface area contributed by atoms with Gasteiger partial charge in [-0.3, -0.25) is 5.32 Å². The lowest BCUT2D eigenvalue weighted by atomic mass is 9.85. The predicted molar refractivity (Wildman–Crippen MR) is 83.4 cm³/mol. The third-order valence-electron chi connectivity index (χ3n) is 5.06. The van der Waals surface area contributed by atoms with Crippen LogP contribution in [0, 0.1) is 23.2 Å². The molecule has 2 atom stereocenters. The molecule has 2 aliphatic carbocycles. The van der Waals surface area contributed by atoms with Crippen molar-refractivity contribution in [2.45, 2.75) is 64.3 Å². The standard InChI is InChI=1S/C17H31N3/c1-3-11-20(13-15-7-8-15)12-9-16-6-5-10-17(16,14-18)19-4-2/h15-16,19H,3-13H2,1-2H3. The van der Waals surface area contributed by atoms with Gasteiger partial charge in [0.15, 0.2) is 0 Å². The molecule has 2 fully saturated rings. The highest BCUT2D eigenvalue weighted by Crippen LogP contribution is 2.38. The molecule has 0 aromatic heterocycles. The molecular formula is C17H31N3. The number of nitrogens with one attached hydrogen (secondary N) is 1. The maximum Gasteiger partial charge on any atom is 0.109 e. The van der Waals surface area contributed by atoms with E-state index in [-0.39, 0.29) is 5.54 Å². The zero-order valence-corrected chi connectivity index (χ0v) is 13.3. The lowest BCUT2D eigenvalue weighted by molar-refractivity contribution is 0.217. The van der Waals surface area contributed by atoms with Crippen LogP contribution in [0.1, 0.15) is 58.8 Å². The molecule has 3 heteroatoms. The van der Waals surface area contributed by atoms with Gasteiger partial charge in [-0.1, -0.05) is 20.3 Å². The minimum Gasteiger partial charge on any atom is -0.303 e. The van der Waals surface area contributed by atoms with Crippen LogP contribution < -0.4 is 5.32 Å². The normalized spacial score (nSPS) is 29.8. The highest BCUT2D eigenvalue weighted by atomic mass is 15.1. The Labute approximate surface area is 124 Å². The zero-order valence-electron chi connectivity index (χ0n) is 13.3. The first-order valence-electron chi connectivity index (χ1n) is 8.62. The fraction of sp³-hybridized carbons (Fsp3) is 0.941. The average molecular weight is 277 g/mol. The molecule has 2 saturated carbocycles. The van der Waals surface area contributed by atoms with E-state index in [9.17, 15) is 5.26 Å². The van der Waals surface area contributed by atoms with Crippen LogP contribution >= 0.6 is 0 Å². The first-order valence-corrected chi connectivity index (χ1v) is 8.62. The molecule has 0 amide bonds. The molecular weight excluding hydrogens is 246 g/mol. The molecule has 0 heterocycles. The Balaban J connectivity index is 1.85. The number of rotatable bonds is 9. The van der Waals surface area contributed by atoms with E-state index in [2.05, 4.69) is 30.1 Å². The molecule has 0 saturated heterocycles. The lowest BCUT2D eigenvalue weighted by Gasteiger charge is -2.31. The molecule has 0 aromatic rings. The van der Waals surface area contributed by atoms with Crippen molar-refractivity contribution >= 4 is 0 Å². The van der Waals surface area contributed by atoms with E-state index in [0.29, 0.717) is 5.92 Å². The molecule has 0 spiro atoms. The molecule has 2 aliphatic rings. The minimum atomic E-state index is -0.230. The van der Waals surface area contributed by atoms with Crippen LogP contribution in [0.15, 0.2) is 0 Å². The molecule has 0 radical (unpaired) electrons. The SMILES string of the molecule is CCCN(CCC1CCCC1(C#N)NCC)CC1CC1. The Morgan fingerprint density at radius 1 is 1.25 bits per heavy atom. The van der Waals surface area contributed by atoms with Crippen molar-refractivity contribution in [3.05, 3.63) is 0 Å². The van der Waals surface area contributed by atoms with Gasteiger partial charge in [-0.2, -0.15) is 5.26 Å². The summed E-state index contributed by atoms with van der Waals surface area (Å²) < 4.78 is 0. The molecule has 20 heavy (non-hydrogen) atoms. The highest BCUT2D eigenvalue weighted by molar-refractivity contribution is 5.14. The van der Waals surface area contributed by atoms with Crippen molar-refractivity contribution in [2.24, 2.45) is 11.8 Å². The highest BCUT2D eigenvalue weighted by Gasteiger charge is 2.42. The largest absolute Gasteiger partial charge is 0.303 e. The van der Waals surface area contributed by atoms with Crippen LogP contribution in [0.3, 0.4) is 0 Å². The minimum absolute atomic E-state index is 0.230. The average Bonchev–Trinajstić information content (AvgIpc) is 3.17. The third-order valence-corrected chi connectivity index (χ3v) is 5.06. The lowest BCUT2D eigenvalue weighted by Crippen LogP contribution is -2.47. The zero-order chi connectivity index (χ0) is 14.4. The second-order valence-corrected chi connectivity index (χ2v) is 6.74. The van der Waals surface area contributed by atoms with Gasteiger partial charge < -0.3 is 4.90 Å². The summed E-state index contributed by atoms with van der Waals surface area (Å²) in [4.78, 5) is 2.64. The van der Waals surface area contributed by atoms with Gasteiger partial charge in [0.1, 0.15) is 5.54 Å². The second kappa shape index (κ2) is 7.43. The molecule has 0 aliphatic heterocycles. The quantitative estimate of drug-likeness (QED) is 0.703. The predicted octanol–water partition coefficient (Wildman–Crippen LogP) is 3.17. The summed E-state index contributed by atoms with van der Waals surface area (Å²) in [6, 6.07) is 2.61. The molecule has 2 rings (SSSR count). The van der Waals surface area contributed by atoms with E-state index in [1.54, 1.807) is 0 Å². The van der Waals surface area contributed by atoms with Crippen molar-refractivity contribution in [2.75, 3.05) is 26.2 Å². The summed E-state index contributed by atoms with van der Waals surface area (Å²) in [7, 11) is 0. The van der Waals surface area contributed by atoms with Crippen LogP contribution in [0.5, 0.6) is 0 Å². The van der Waals surface area contributed by atoms with Crippen molar-refractivity contribution in [1.29, 1.82) is 5.26 Å². The Kier molecular flexibility index (Phi) is 5.86. The molecule has 0 aromatic carbocycles. The Bertz CT molecular complexity index is 332. The van der Waals surface area contributed by atoms with Crippen LogP contribution in [-0.4, -0.2) is 36.6 Å². The molecule has 3 nitrogen and oxygen atoms in total. The Morgan fingerprint density at radius 3 is 2.65 bits per heavy atom. The topological polar surface area (TPSA) is 39.1 Å². The molecule has 1 N–H and O–H groups in total. The van der Waals surface area contributed by atoms with Gasteiger partial charge in [0.2, 0.25) is 0 Å². The number of nitrogens with zero attached hydrogens (tertiary/aromatic N) is 2. The van der Waals surface area contributed by atoms with E-state index in [1.807, 2.05) is 0 Å². The monoisotopic (exact) mass is 277 g/mol.